The van der Waals surface area contributed by atoms with Crippen LogP contribution in [0.15, 0.2) is 69.4 Å². The number of hydrogen-bond acceptors (Lipinski definition) is 11. The zero-order valence-electron chi connectivity index (χ0n) is 20.7. The Morgan fingerprint density at radius 2 is 1.92 bits per heavy atom. The van der Waals surface area contributed by atoms with Crippen LogP contribution < -0.4 is 10.1 Å². The first kappa shape index (κ1) is 27.2. The van der Waals surface area contributed by atoms with E-state index in [0.717, 1.165) is 22.7 Å². The number of nitrogens with zero attached hydrogens (tertiary/aromatic N) is 3. The zero-order chi connectivity index (χ0) is 27.4. The second kappa shape index (κ2) is 12.2. The fraction of sp³-hybridized carbons (Fsp3) is 0.269. The van der Waals surface area contributed by atoms with E-state index in [4.69, 9.17) is 9.47 Å². The summed E-state index contributed by atoms with van der Waals surface area (Å²) >= 11 is 3.79. The van der Waals surface area contributed by atoms with Gasteiger partial charge in [0.05, 0.1) is 20.1 Å². The summed E-state index contributed by atoms with van der Waals surface area (Å²) in [6.45, 7) is -0.289. The number of hydrogen-bond donors (Lipinski definition) is 2. The van der Waals surface area contributed by atoms with Gasteiger partial charge >= 0.3 is 5.97 Å². The molecular weight excluding hydrogens is 561 g/mol. The molecule has 3 aromatic rings. The summed E-state index contributed by atoms with van der Waals surface area (Å²) < 4.78 is 15.3. The lowest BCUT2D eigenvalue weighted by Crippen LogP contribution is -2.70. The van der Waals surface area contributed by atoms with Crippen molar-refractivity contribution in [3.8, 4) is 5.75 Å². The highest BCUT2D eigenvalue weighted by molar-refractivity contribution is 8.07. The Kier molecular flexibility index (Phi) is 8.50. The van der Waals surface area contributed by atoms with E-state index in [2.05, 4.69) is 14.9 Å². The second-order valence-electron chi connectivity index (χ2n) is 8.58. The lowest BCUT2D eigenvalue weighted by Gasteiger charge is -2.49. The van der Waals surface area contributed by atoms with Crippen LogP contribution in [-0.4, -0.2) is 61.7 Å². The number of rotatable bonds is 10. The van der Waals surface area contributed by atoms with Crippen LogP contribution in [0.4, 0.5) is 0 Å². The van der Waals surface area contributed by atoms with E-state index in [9.17, 15) is 19.5 Å². The molecular formula is C26H24N4O6S3. The monoisotopic (exact) mass is 584 g/mol. The Morgan fingerprint density at radius 3 is 2.64 bits per heavy atom. The number of fused-ring (bicyclic) bond motifs is 1. The molecule has 0 spiro atoms. The van der Waals surface area contributed by atoms with E-state index in [0.29, 0.717) is 26.3 Å². The van der Waals surface area contributed by atoms with Gasteiger partial charge in [-0.15, -0.1) is 16.9 Å². The van der Waals surface area contributed by atoms with Crippen molar-refractivity contribution in [1.29, 1.82) is 0 Å². The third-order valence-electron chi connectivity index (χ3n) is 6.07. The SMILES string of the molecule is COc1ccc(COC(=O)C2=C(Sc3snnc3CO)CS[C@H]3[C@H](NC(=O)Cc4ccccc4)C(=O)N23)cc1. The average Bonchev–Trinajstić information content (AvgIpc) is 3.42. The topological polar surface area (TPSA) is 131 Å². The standard InChI is InChI=1S/C26H24N4O6S3/c1-35-17-9-7-16(8-10-17)13-36-25(34)22-19(38-26-18(12-31)28-29-39-26)14-37-24-21(23(33)30(22)24)27-20(32)11-15-5-3-2-4-6-15/h2-10,21,24,31H,11-14H2,1H3,(H,27,32)/t21-,24+/m1/s1. The van der Waals surface area contributed by atoms with Crippen LogP contribution in [0.2, 0.25) is 0 Å². The van der Waals surface area contributed by atoms with Gasteiger partial charge in [0, 0.05) is 10.7 Å². The summed E-state index contributed by atoms with van der Waals surface area (Å²) in [5.74, 6) is -0.212. The Morgan fingerprint density at radius 1 is 1.15 bits per heavy atom. The molecule has 2 aliphatic heterocycles. The predicted molar refractivity (Wildman–Crippen MR) is 147 cm³/mol. The maximum atomic E-state index is 13.4. The van der Waals surface area contributed by atoms with E-state index >= 15 is 0 Å². The van der Waals surface area contributed by atoms with Crippen molar-refractivity contribution >= 4 is 52.8 Å². The number of thioether (sulfide) groups is 2. The summed E-state index contributed by atoms with van der Waals surface area (Å²) in [5.41, 5.74) is 2.13. The Hall–Kier alpha value is -3.39. The van der Waals surface area contributed by atoms with Crippen molar-refractivity contribution in [2.24, 2.45) is 0 Å². The molecule has 0 aliphatic carbocycles. The summed E-state index contributed by atoms with van der Waals surface area (Å²) in [5, 5.41) is 15.9. The van der Waals surface area contributed by atoms with Gasteiger partial charge in [-0.3, -0.25) is 14.5 Å². The molecule has 10 nitrogen and oxygen atoms in total. The average molecular weight is 585 g/mol. The van der Waals surface area contributed by atoms with Crippen molar-refractivity contribution in [2.45, 2.75) is 35.3 Å². The van der Waals surface area contributed by atoms with Crippen LogP contribution in [0.25, 0.3) is 0 Å². The summed E-state index contributed by atoms with van der Waals surface area (Å²) in [4.78, 5) is 41.3. The normalized spacial score (nSPS) is 18.3. The van der Waals surface area contributed by atoms with E-state index in [-0.39, 0.29) is 37.1 Å². The molecule has 2 aromatic carbocycles. The molecule has 2 aliphatic rings. The molecule has 0 bridgehead atoms. The molecule has 1 saturated heterocycles. The minimum absolute atomic E-state index is 0.00532. The molecule has 39 heavy (non-hydrogen) atoms. The molecule has 5 rings (SSSR count). The summed E-state index contributed by atoms with van der Waals surface area (Å²) in [6, 6.07) is 15.6. The lowest BCUT2D eigenvalue weighted by molar-refractivity contribution is -0.153. The molecule has 3 heterocycles. The number of ether oxygens (including phenoxy) is 2. The number of β-lactam (4-membered cyclic amide) rings is 1. The summed E-state index contributed by atoms with van der Waals surface area (Å²) in [6.07, 6.45) is 0.151. The first-order chi connectivity index (χ1) is 19.0. The molecule has 2 amide bonds. The highest BCUT2D eigenvalue weighted by atomic mass is 32.2. The molecule has 2 N–H and O–H groups in total. The van der Waals surface area contributed by atoms with Crippen LogP contribution in [0.1, 0.15) is 16.8 Å². The molecule has 0 unspecified atom stereocenters. The molecule has 1 fully saturated rings. The number of methoxy groups -OCH3 is 1. The number of nitrogens with one attached hydrogen (secondary N) is 1. The van der Waals surface area contributed by atoms with Crippen molar-refractivity contribution in [2.75, 3.05) is 12.9 Å². The van der Waals surface area contributed by atoms with Gasteiger partial charge in [-0.05, 0) is 34.8 Å². The van der Waals surface area contributed by atoms with Crippen LogP contribution in [-0.2, 0) is 38.8 Å². The third kappa shape index (κ3) is 5.96. The molecule has 202 valence electrons. The van der Waals surface area contributed by atoms with Gasteiger partial charge in [0.1, 0.15) is 39.4 Å². The van der Waals surface area contributed by atoms with Gasteiger partial charge in [-0.25, -0.2) is 4.79 Å². The third-order valence-corrected chi connectivity index (χ3v) is 9.57. The van der Waals surface area contributed by atoms with Gasteiger partial charge in [0.15, 0.2) is 0 Å². The first-order valence-corrected chi connectivity index (χ1v) is 14.5. The highest BCUT2D eigenvalue weighted by Crippen LogP contribution is 2.46. The number of aliphatic hydroxyl groups excluding tert-OH is 1. The highest BCUT2D eigenvalue weighted by Gasteiger charge is 2.54. The minimum atomic E-state index is -0.750. The van der Waals surface area contributed by atoms with E-state index in [1.165, 1.54) is 28.4 Å². The van der Waals surface area contributed by atoms with E-state index in [1.54, 1.807) is 31.4 Å². The van der Waals surface area contributed by atoms with Crippen molar-refractivity contribution < 1.29 is 29.0 Å². The van der Waals surface area contributed by atoms with Crippen molar-refractivity contribution in [3.63, 3.8) is 0 Å². The van der Waals surface area contributed by atoms with Gasteiger partial charge in [0.2, 0.25) is 5.91 Å². The Balaban J connectivity index is 1.34. The maximum Gasteiger partial charge on any atom is 0.356 e. The largest absolute Gasteiger partial charge is 0.497 e. The fourth-order valence-corrected chi connectivity index (χ4v) is 7.42. The second-order valence-corrected chi connectivity index (χ2v) is 11.8. The Bertz CT molecular complexity index is 1400. The smallest absolute Gasteiger partial charge is 0.356 e. The quantitative estimate of drug-likeness (QED) is 0.271. The van der Waals surface area contributed by atoms with Gasteiger partial charge in [0.25, 0.3) is 5.91 Å². The fourth-order valence-electron chi connectivity index (χ4n) is 4.09. The number of carbonyl (C=O) groups is 3. The summed E-state index contributed by atoms with van der Waals surface area (Å²) in [7, 11) is 1.57. The minimum Gasteiger partial charge on any atom is -0.497 e. The zero-order valence-corrected chi connectivity index (χ0v) is 23.2. The van der Waals surface area contributed by atoms with E-state index in [1.807, 2.05) is 30.3 Å². The van der Waals surface area contributed by atoms with Crippen LogP contribution in [0.5, 0.6) is 5.75 Å². The van der Waals surface area contributed by atoms with Crippen LogP contribution in [0.3, 0.4) is 0 Å². The van der Waals surface area contributed by atoms with Crippen molar-refractivity contribution in [3.05, 3.63) is 82.0 Å². The van der Waals surface area contributed by atoms with Crippen LogP contribution in [0, 0.1) is 0 Å². The number of esters is 1. The molecule has 1 aromatic heterocycles. The Labute approximate surface area is 236 Å². The van der Waals surface area contributed by atoms with Crippen LogP contribution >= 0.6 is 35.1 Å². The lowest BCUT2D eigenvalue weighted by atomic mass is 10.0. The molecule has 0 radical (unpaired) electrons. The molecule has 0 saturated carbocycles. The predicted octanol–water partition coefficient (Wildman–Crippen LogP) is 2.73. The maximum absolute atomic E-state index is 13.4. The number of amides is 2. The number of carbonyl (C=O) groups excluding carboxylic acids is 3. The van der Waals surface area contributed by atoms with Crippen molar-refractivity contribution in [1.82, 2.24) is 19.8 Å². The number of aromatic nitrogens is 2. The van der Waals surface area contributed by atoms with Gasteiger partial charge in [-0.1, -0.05) is 58.7 Å². The number of aliphatic hydroxyl groups is 1. The van der Waals surface area contributed by atoms with E-state index < -0.39 is 17.4 Å². The van der Waals surface area contributed by atoms with Gasteiger partial charge in [-0.2, -0.15) is 0 Å². The molecule has 13 heteroatoms. The number of benzene rings is 2. The van der Waals surface area contributed by atoms with Gasteiger partial charge < -0.3 is 19.9 Å². The first-order valence-electron chi connectivity index (χ1n) is 11.9. The molecule has 2 atom stereocenters.